The number of rotatable bonds is 2. The molecule has 0 saturated carbocycles. The third-order valence-electron chi connectivity index (χ3n) is 4.17. The van der Waals surface area contributed by atoms with Crippen molar-refractivity contribution in [1.82, 2.24) is 14.8 Å². The van der Waals surface area contributed by atoms with Gasteiger partial charge in [0.1, 0.15) is 17.0 Å². The zero-order valence-electron chi connectivity index (χ0n) is 14.1. The van der Waals surface area contributed by atoms with Crippen LogP contribution in [0.1, 0.15) is 5.56 Å². The Morgan fingerprint density at radius 2 is 1.71 bits per heavy atom. The van der Waals surface area contributed by atoms with Crippen LogP contribution in [0.4, 0.5) is 17.6 Å². The molecular weight excluding hydrogens is 374 g/mol. The SMILES string of the molecule is O=c1c2cccnc2c(-c2cccc(C(F)(F)F)c2)nn1-c1cccc(F)c1. The van der Waals surface area contributed by atoms with Gasteiger partial charge in [-0.1, -0.05) is 18.2 Å². The zero-order valence-corrected chi connectivity index (χ0v) is 14.1. The van der Waals surface area contributed by atoms with Crippen LogP contribution in [0.15, 0.2) is 71.7 Å². The van der Waals surface area contributed by atoms with Crippen LogP contribution in [-0.4, -0.2) is 14.8 Å². The molecule has 0 N–H and O–H groups in total. The molecule has 0 aliphatic heterocycles. The zero-order chi connectivity index (χ0) is 19.9. The quantitative estimate of drug-likeness (QED) is 0.474. The molecule has 0 atom stereocenters. The molecule has 140 valence electrons. The van der Waals surface area contributed by atoms with Crippen molar-refractivity contribution < 1.29 is 17.6 Å². The Morgan fingerprint density at radius 1 is 0.929 bits per heavy atom. The summed E-state index contributed by atoms with van der Waals surface area (Å²) in [5.41, 5.74) is -0.846. The molecule has 0 amide bonds. The molecule has 4 nitrogen and oxygen atoms in total. The predicted molar refractivity (Wildman–Crippen MR) is 95.5 cm³/mol. The average Bonchev–Trinajstić information content (AvgIpc) is 2.68. The molecule has 4 rings (SSSR count). The number of alkyl halides is 3. The first-order chi connectivity index (χ1) is 13.3. The third-order valence-corrected chi connectivity index (χ3v) is 4.17. The standard InChI is InChI=1S/C20H11F4N3O/c21-14-6-2-7-15(11-14)27-19(28)16-8-3-9-25-18(16)17(26-27)12-4-1-5-13(10-12)20(22,23)24/h1-11H. The van der Waals surface area contributed by atoms with Gasteiger partial charge in [-0.2, -0.15) is 23.0 Å². The monoisotopic (exact) mass is 385 g/mol. The van der Waals surface area contributed by atoms with Crippen molar-refractivity contribution in [3.8, 4) is 16.9 Å². The topological polar surface area (TPSA) is 47.8 Å². The maximum atomic E-state index is 13.6. The van der Waals surface area contributed by atoms with Crippen LogP contribution in [0, 0.1) is 5.82 Å². The van der Waals surface area contributed by atoms with E-state index in [2.05, 4.69) is 10.1 Å². The van der Waals surface area contributed by atoms with Crippen molar-refractivity contribution in [2.45, 2.75) is 6.18 Å². The molecule has 8 heteroatoms. The van der Waals surface area contributed by atoms with Gasteiger partial charge in [0.05, 0.1) is 16.6 Å². The van der Waals surface area contributed by atoms with Gasteiger partial charge < -0.3 is 0 Å². The highest BCUT2D eigenvalue weighted by atomic mass is 19.4. The lowest BCUT2D eigenvalue weighted by atomic mass is 10.1. The molecule has 0 saturated heterocycles. The summed E-state index contributed by atoms with van der Waals surface area (Å²) in [6, 6.07) is 12.9. The van der Waals surface area contributed by atoms with Gasteiger partial charge in [0, 0.05) is 11.8 Å². The second-order valence-electron chi connectivity index (χ2n) is 6.02. The number of fused-ring (bicyclic) bond motifs is 1. The smallest absolute Gasteiger partial charge is 0.267 e. The van der Waals surface area contributed by atoms with E-state index >= 15 is 0 Å². The van der Waals surface area contributed by atoms with Gasteiger partial charge in [-0.05, 0) is 42.5 Å². The van der Waals surface area contributed by atoms with E-state index in [1.54, 1.807) is 0 Å². The minimum absolute atomic E-state index is 0.0885. The maximum absolute atomic E-state index is 13.6. The van der Waals surface area contributed by atoms with E-state index in [9.17, 15) is 22.4 Å². The number of benzene rings is 2. The minimum Gasteiger partial charge on any atom is -0.267 e. The van der Waals surface area contributed by atoms with Crippen LogP contribution < -0.4 is 5.56 Å². The van der Waals surface area contributed by atoms with Gasteiger partial charge in [0.25, 0.3) is 5.56 Å². The first-order valence-electron chi connectivity index (χ1n) is 8.16. The van der Waals surface area contributed by atoms with E-state index in [0.717, 1.165) is 22.9 Å². The summed E-state index contributed by atoms with van der Waals surface area (Å²) in [7, 11) is 0. The maximum Gasteiger partial charge on any atom is 0.416 e. The normalized spacial score (nSPS) is 11.7. The molecular formula is C20H11F4N3O. The summed E-state index contributed by atoms with van der Waals surface area (Å²) in [6.07, 6.45) is -3.11. The number of halogens is 4. The molecule has 2 aromatic heterocycles. The number of nitrogens with zero attached hydrogens (tertiary/aromatic N) is 3. The molecule has 4 aromatic rings. The van der Waals surface area contributed by atoms with Gasteiger partial charge in [0.2, 0.25) is 0 Å². The fraction of sp³-hybridized carbons (Fsp3) is 0.0500. The van der Waals surface area contributed by atoms with E-state index in [-0.39, 0.29) is 27.8 Å². The largest absolute Gasteiger partial charge is 0.416 e. The first-order valence-corrected chi connectivity index (χ1v) is 8.16. The van der Waals surface area contributed by atoms with Crippen molar-refractivity contribution in [3.63, 3.8) is 0 Å². The van der Waals surface area contributed by atoms with Crippen LogP contribution in [0.25, 0.3) is 27.8 Å². The molecule has 0 fully saturated rings. The summed E-state index contributed by atoms with van der Waals surface area (Å²) in [4.78, 5) is 16.9. The Labute approximate surface area is 155 Å². The molecule has 2 aromatic carbocycles. The average molecular weight is 385 g/mol. The molecule has 0 spiro atoms. The fourth-order valence-corrected chi connectivity index (χ4v) is 2.89. The van der Waals surface area contributed by atoms with E-state index in [4.69, 9.17) is 0 Å². The van der Waals surface area contributed by atoms with E-state index in [1.165, 1.54) is 48.7 Å². The number of hydrogen-bond donors (Lipinski definition) is 0. The van der Waals surface area contributed by atoms with Crippen LogP contribution in [0.3, 0.4) is 0 Å². The van der Waals surface area contributed by atoms with Gasteiger partial charge in [0.15, 0.2) is 0 Å². The van der Waals surface area contributed by atoms with E-state index < -0.39 is 23.1 Å². The second-order valence-corrected chi connectivity index (χ2v) is 6.02. The Bertz CT molecular complexity index is 1250. The van der Waals surface area contributed by atoms with Crippen LogP contribution in [-0.2, 0) is 6.18 Å². The predicted octanol–water partition coefficient (Wildman–Crippen LogP) is 4.61. The Morgan fingerprint density at radius 3 is 2.46 bits per heavy atom. The lowest BCUT2D eigenvalue weighted by Crippen LogP contribution is -2.22. The summed E-state index contributed by atoms with van der Waals surface area (Å²) in [5, 5.41) is 4.37. The number of pyridine rings is 1. The van der Waals surface area contributed by atoms with Crippen LogP contribution >= 0.6 is 0 Å². The van der Waals surface area contributed by atoms with E-state index in [1.807, 2.05) is 0 Å². The highest BCUT2D eigenvalue weighted by Crippen LogP contribution is 2.33. The van der Waals surface area contributed by atoms with Gasteiger partial charge >= 0.3 is 6.18 Å². The van der Waals surface area contributed by atoms with Crippen LogP contribution in [0.2, 0.25) is 0 Å². The number of hydrogen-bond acceptors (Lipinski definition) is 3. The highest BCUT2D eigenvalue weighted by molar-refractivity contribution is 5.90. The summed E-state index contributed by atoms with van der Waals surface area (Å²) in [6.45, 7) is 0. The molecule has 0 unspecified atom stereocenters. The lowest BCUT2D eigenvalue weighted by Gasteiger charge is -2.12. The van der Waals surface area contributed by atoms with Crippen molar-refractivity contribution >= 4 is 10.9 Å². The number of aromatic nitrogens is 3. The van der Waals surface area contributed by atoms with Gasteiger partial charge in [-0.25, -0.2) is 4.39 Å². The van der Waals surface area contributed by atoms with Crippen molar-refractivity contribution in [2.75, 3.05) is 0 Å². The first kappa shape index (κ1) is 17.8. The Balaban J connectivity index is 2.04. The Kier molecular flexibility index (Phi) is 4.18. The van der Waals surface area contributed by atoms with Crippen molar-refractivity contribution in [2.24, 2.45) is 0 Å². The molecule has 28 heavy (non-hydrogen) atoms. The molecule has 0 aliphatic rings. The molecule has 0 aliphatic carbocycles. The van der Waals surface area contributed by atoms with Crippen LogP contribution in [0.5, 0.6) is 0 Å². The molecule has 2 heterocycles. The van der Waals surface area contributed by atoms with Gasteiger partial charge in [-0.3, -0.25) is 9.78 Å². The molecule has 0 bridgehead atoms. The van der Waals surface area contributed by atoms with Gasteiger partial charge in [-0.15, -0.1) is 0 Å². The second kappa shape index (κ2) is 6.56. The summed E-state index contributed by atoms with van der Waals surface area (Å²) in [5.74, 6) is -0.571. The lowest BCUT2D eigenvalue weighted by molar-refractivity contribution is -0.137. The van der Waals surface area contributed by atoms with E-state index in [0.29, 0.717) is 0 Å². The summed E-state index contributed by atoms with van der Waals surface area (Å²) >= 11 is 0. The van der Waals surface area contributed by atoms with Crippen molar-refractivity contribution in [1.29, 1.82) is 0 Å². The minimum atomic E-state index is -4.53. The fourth-order valence-electron chi connectivity index (χ4n) is 2.89. The van der Waals surface area contributed by atoms with Crippen molar-refractivity contribution in [3.05, 3.63) is 88.6 Å². The Hall–Kier alpha value is -3.55. The molecule has 0 radical (unpaired) electrons. The highest BCUT2D eigenvalue weighted by Gasteiger charge is 2.30. The third kappa shape index (κ3) is 3.13. The summed E-state index contributed by atoms with van der Waals surface area (Å²) < 4.78 is 53.9.